The van der Waals surface area contributed by atoms with Crippen molar-refractivity contribution in [3.8, 4) is 0 Å². The Labute approximate surface area is 144 Å². The molecule has 0 atom stereocenters. The third-order valence-electron chi connectivity index (χ3n) is 2.94. The van der Waals surface area contributed by atoms with Crippen molar-refractivity contribution in [2.75, 3.05) is 24.7 Å². The molecule has 6 nitrogen and oxygen atoms in total. The van der Waals surface area contributed by atoms with Crippen molar-refractivity contribution in [1.29, 1.82) is 0 Å². The molecule has 0 aliphatic rings. The molecular weight excluding hydrogens is 342 g/mol. The molecular formula is C15H18ClNO5S. The molecule has 0 saturated heterocycles. The normalized spacial score (nSPS) is 10.1. The quantitative estimate of drug-likeness (QED) is 0.330. The van der Waals surface area contributed by atoms with E-state index in [0.29, 0.717) is 24.3 Å². The Bertz CT molecular complexity index is 606. The Morgan fingerprint density at radius 1 is 1.22 bits per heavy atom. The number of methoxy groups -OCH3 is 2. The van der Waals surface area contributed by atoms with Crippen LogP contribution >= 0.6 is 23.5 Å². The molecule has 126 valence electrons. The van der Waals surface area contributed by atoms with Crippen LogP contribution in [0.25, 0.3) is 0 Å². The third kappa shape index (κ3) is 5.44. The van der Waals surface area contributed by atoms with Crippen LogP contribution in [-0.2, 0) is 14.3 Å². The number of hydrogen-bond donors (Lipinski definition) is 1. The zero-order valence-corrected chi connectivity index (χ0v) is 14.7. The van der Waals surface area contributed by atoms with Gasteiger partial charge in [0.05, 0.1) is 36.1 Å². The molecule has 1 aromatic carbocycles. The molecule has 23 heavy (non-hydrogen) atoms. The van der Waals surface area contributed by atoms with Gasteiger partial charge >= 0.3 is 11.9 Å². The highest BCUT2D eigenvalue weighted by atomic mass is 35.5. The number of ketones is 1. The van der Waals surface area contributed by atoms with Crippen LogP contribution in [0.15, 0.2) is 12.1 Å². The Hall–Kier alpha value is -1.73. The number of nitrogens with one attached hydrogen (secondary N) is 1. The molecule has 0 spiro atoms. The number of Topliss-reactive ketones (excluding diaryl/α,β-unsaturated/α-hetero) is 1. The summed E-state index contributed by atoms with van der Waals surface area (Å²) < 4.78 is 12.2. The molecule has 0 heterocycles. The molecule has 0 unspecified atom stereocenters. The van der Waals surface area contributed by atoms with Crippen molar-refractivity contribution in [2.45, 2.75) is 19.8 Å². The van der Waals surface area contributed by atoms with Crippen LogP contribution in [0.5, 0.6) is 0 Å². The highest BCUT2D eigenvalue weighted by Gasteiger charge is 2.20. The average Bonchev–Trinajstić information content (AvgIpc) is 2.53. The number of carbonyl (C=O) groups excluding carboxylic acids is 3. The number of halogens is 1. The van der Waals surface area contributed by atoms with Crippen LogP contribution in [0, 0.1) is 0 Å². The zero-order chi connectivity index (χ0) is 17.4. The smallest absolute Gasteiger partial charge is 0.340 e. The second-order valence-electron chi connectivity index (χ2n) is 4.52. The minimum Gasteiger partial charge on any atom is -0.469 e. The first kappa shape index (κ1) is 19.3. The molecule has 1 aromatic rings. The second kappa shape index (κ2) is 9.42. The van der Waals surface area contributed by atoms with Crippen molar-refractivity contribution in [1.82, 2.24) is 0 Å². The van der Waals surface area contributed by atoms with E-state index in [4.69, 9.17) is 16.3 Å². The second-order valence-corrected chi connectivity index (χ2v) is 5.83. The number of hydrogen-bond acceptors (Lipinski definition) is 7. The van der Waals surface area contributed by atoms with Crippen LogP contribution in [0.2, 0.25) is 5.02 Å². The number of ether oxygens (including phenoxy) is 2. The van der Waals surface area contributed by atoms with E-state index in [1.54, 1.807) is 0 Å². The van der Waals surface area contributed by atoms with Gasteiger partial charge in [-0.25, -0.2) is 4.79 Å². The lowest BCUT2D eigenvalue weighted by Crippen LogP contribution is -2.10. The van der Waals surface area contributed by atoms with Gasteiger partial charge in [0.2, 0.25) is 0 Å². The van der Waals surface area contributed by atoms with E-state index >= 15 is 0 Å². The minimum atomic E-state index is -0.568. The molecule has 0 fully saturated rings. The van der Waals surface area contributed by atoms with Gasteiger partial charge in [-0.15, -0.1) is 0 Å². The Balaban J connectivity index is 2.89. The van der Waals surface area contributed by atoms with Gasteiger partial charge in [0.15, 0.2) is 5.78 Å². The maximum atomic E-state index is 11.9. The van der Waals surface area contributed by atoms with Crippen LogP contribution in [0.3, 0.4) is 0 Å². The summed E-state index contributed by atoms with van der Waals surface area (Å²) in [6.07, 6.45) is 0.887. The summed E-state index contributed by atoms with van der Waals surface area (Å²) in [7, 11) is 2.60. The summed E-state index contributed by atoms with van der Waals surface area (Å²) in [6, 6.07) is 2.98. The fourth-order valence-electron chi connectivity index (χ4n) is 1.82. The fourth-order valence-corrected chi connectivity index (χ4v) is 2.86. The molecule has 0 saturated carbocycles. The van der Waals surface area contributed by atoms with Gasteiger partial charge in [0, 0.05) is 12.2 Å². The predicted molar refractivity (Wildman–Crippen MR) is 90.1 cm³/mol. The van der Waals surface area contributed by atoms with E-state index in [9.17, 15) is 14.4 Å². The predicted octanol–water partition coefficient (Wildman–Crippen LogP) is 3.34. The van der Waals surface area contributed by atoms with Gasteiger partial charge in [0.25, 0.3) is 0 Å². The first-order chi connectivity index (χ1) is 10.9. The van der Waals surface area contributed by atoms with Crippen molar-refractivity contribution in [3.05, 3.63) is 28.3 Å². The standard InChI is InChI=1S/C15H18ClNO5S/c1-9(18)13-11(16)7-6-10(15(20)22-3)14(13)17-23-8-4-5-12(19)21-2/h6-7,17H,4-5,8H2,1-3H3. The maximum Gasteiger partial charge on any atom is 0.340 e. The summed E-state index contributed by atoms with van der Waals surface area (Å²) in [4.78, 5) is 34.7. The Morgan fingerprint density at radius 2 is 1.91 bits per heavy atom. The summed E-state index contributed by atoms with van der Waals surface area (Å²) in [6.45, 7) is 1.37. The molecule has 0 radical (unpaired) electrons. The zero-order valence-electron chi connectivity index (χ0n) is 13.1. The van der Waals surface area contributed by atoms with Crippen molar-refractivity contribution < 1.29 is 23.9 Å². The largest absolute Gasteiger partial charge is 0.469 e. The van der Waals surface area contributed by atoms with E-state index in [0.717, 1.165) is 0 Å². The van der Waals surface area contributed by atoms with Gasteiger partial charge in [0.1, 0.15) is 0 Å². The third-order valence-corrected chi connectivity index (χ3v) is 4.10. The molecule has 0 aliphatic heterocycles. The van der Waals surface area contributed by atoms with Gasteiger partial charge in [-0.2, -0.15) is 0 Å². The van der Waals surface area contributed by atoms with Gasteiger partial charge in [-0.05, 0) is 25.5 Å². The number of esters is 2. The fraction of sp³-hybridized carbons (Fsp3) is 0.400. The van der Waals surface area contributed by atoms with Gasteiger partial charge in [-0.3, -0.25) is 9.59 Å². The molecule has 0 aliphatic carbocycles. The first-order valence-corrected chi connectivity index (χ1v) is 8.15. The topological polar surface area (TPSA) is 81.7 Å². The van der Waals surface area contributed by atoms with Crippen molar-refractivity contribution in [2.24, 2.45) is 0 Å². The molecule has 1 rings (SSSR count). The maximum absolute atomic E-state index is 11.9. The van der Waals surface area contributed by atoms with Crippen molar-refractivity contribution in [3.63, 3.8) is 0 Å². The highest BCUT2D eigenvalue weighted by Crippen LogP contribution is 2.31. The summed E-state index contributed by atoms with van der Waals surface area (Å²) in [5.41, 5.74) is 0.775. The van der Waals surface area contributed by atoms with Crippen LogP contribution in [-0.4, -0.2) is 37.7 Å². The lowest BCUT2D eigenvalue weighted by Gasteiger charge is -2.14. The van der Waals surface area contributed by atoms with Crippen LogP contribution in [0.4, 0.5) is 5.69 Å². The van der Waals surface area contributed by atoms with Gasteiger partial charge < -0.3 is 14.2 Å². The van der Waals surface area contributed by atoms with E-state index in [1.165, 1.54) is 45.2 Å². The lowest BCUT2D eigenvalue weighted by atomic mass is 10.0. The number of benzene rings is 1. The minimum absolute atomic E-state index is 0.225. The van der Waals surface area contributed by atoms with E-state index in [1.807, 2.05) is 0 Å². The SMILES string of the molecule is COC(=O)CCCSNc1c(C(=O)OC)ccc(Cl)c1C(C)=O. The first-order valence-electron chi connectivity index (χ1n) is 6.78. The summed E-state index contributed by atoms with van der Waals surface area (Å²) >= 11 is 7.33. The molecule has 0 bridgehead atoms. The summed E-state index contributed by atoms with van der Waals surface area (Å²) in [5, 5.41) is 0.253. The number of carbonyl (C=O) groups is 3. The monoisotopic (exact) mass is 359 g/mol. The molecule has 0 amide bonds. The highest BCUT2D eigenvalue weighted by molar-refractivity contribution is 8.00. The van der Waals surface area contributed by atoms with Crippen LogP contribution in [0.1, 0.15) is 40.5 Å². The van der Waals surface area contributed by atoms with E-state index in [-0.39, 0.29) is 27.9 Å². The van der Waals surface area contributed by atoms with E-state index < -0.39 is 5.97 Å². The Morgan fingerprint density at radius 3 is 2.48 bits per heavy atom. The average molecular weight is 360 g/mol. The van der Waals surface area contributed by atoms with E-state index in [2.05, 4.69) is 9.46 Å². The molecule has 0 aromatic heterocycles. The van der Waals surface area contributed by atoms with Crippen LogP contribution < -0.4 is 4.72 Å². The molecule has 1 N–H and O–H groups in total. The summed E-state index contributed by atoms with van der Waals surface area (Å²) in [5.74, 6) is -0.534. The van der Waals surface area contributed by atoms with Crippen molar-refractivity contribution >= 4 is 47.0 Å². The molecule has 8 heteroatoms. The number of rotatable bonds is 8. The van der Waals surface area contributed by atoms with Gasteiger partial charge in [-0.1, -0.05) is 23.5 Å². The number of anilines is 1. The lowest BCUT2D eigenvalue weighted by molar-refractivity contribution is -0.140. The Kier molecular flexibility index (Phi) is 7.91.